The van der Waals surface area contributed by atoms with Gasteiger partial charge in [-0.25, -0.2) is 0 Å². The molecule has 5 heteroatoms. The van der Waals surface area contributed by atoms with Gasteiger partial charge in [-0.2, -0.15) is 0 Å². The van der Waals surface area contributed by atoms with E-state index in [1.807, 2.05) is 24.3 Å². The molecule has 0 unspecified atom stereocenters. The summed E-state index contributed by atoms with van der Waals surface area (Å²) in [4.78, 5) is 2.34. The van der Waals surface area contributed by atoms with E-state index >= 15 is 0 Å². The van der Waals surface area contributed by atoms with Crippen molar-refractivity contribution < 1.29 is 4.42 Å². The number of benzene rings is 1. The van der Waals surface area contributed by atoms with E-state index < -0.39 is 0 Å². The van der Waals surface area contributed by atoms with E-state index in [0.717, 1.165) is 18.0 Å². The van der Waals surface area contributed by atoms with Crippen LogP contribution in [0.15, 0.2) is 47.1 Å². The first-order valence-electron chi connectivity index (χ1n) is 7.54. The first-order valence-corrected chi connectivity index (χ1v) is 7.95. The Labute approximate surface area is 137 Å². The SMILES string of the molecule is CCN(c1ccc(NC(=S)NCc2ccco2)cc1)C(C)C. The first kappa shape index (κ1) is 16.4. The fourth-order valence-electron chi connectivity index (χ4n) is 2.34. The maximum Gasteiger partial charge on any atom is 0.171 e. The van der Waals surface area contributed by atoms with Gasteiger partial charge >= 0.3 is 0 Å². The normalized spacial score (nSPS) is 10.5. The highest BCUT2D eigenvalue weighted by molar-refractivity contribution is 7.80. The minimum absolute atomic E-state index is 0.486. The minimum atomic E-state index is 0.486. The van der Waals surface area contributed by atoms with E-state index in [1.54, 1.807) is 6.26 Å². The second-order valence-electron chi connectivity index (χ2n) is 5.31. The van der Waals surface area contributed by atoms with Crippen LogP contribution in [0, 0.1) is 0 Å². The molecule has 1 heterocycles. The second kappa shape index (κ2) is 7.84. The van der Waals surface area contributed by atoms with Crippen molar-refractivity contribution in [2.75, 3.05) is 16.8 Å². The van der Waals surface area contributed by atoms with Crippen molar-refractivity contribution in [3.8, 4) is 0 Å². The van der Waals surface area contributed by atoms with E-state index in [9.17, 15) is 0 Å². The third-order valence-corrected chi connectivity index (χ3v) is 3.67. The van der Waals surface area contributed by atoms with Gasteiger partial charge in [0.1, 0.15) is 5.76 Å². The molecule has 4 nitrogen and oxygen atoms in total. The predicted octanol–water partition coefficient (Wildman–Crippen LogP) is 4.00. The van der Waals surface area contributed by atoms with Gasteiger partial charge in [0.2, 0.25) is 0 Å². The maximum atomic E-state index is 5.28. The summed E-state index contributed by atoms with van der Waals surface area (Å²) in [7, 11) is 0. The molecule has 0 amide bonds. The summed E-state index contributed by atoms with van der Waals surface area (Å²) in [6.07, 6.45) is 1.65. The monoisotopic (exact) mass is 317 g/mol. The lowest BCUT2D eigenvalue weighted by Gasteiger charge is -2.27. The van der Waals surface area contributed by atoms with Crippen LogP contribution in [0.2, 0.25) is 0 Å². The molecule has 0 saturated heterocycles. The number of nitrogens with zero attached hydrogens (tertiary/aromatic N) is 1. The fourth-order valence-corrected chi connectivity index (χ4v) is 2.53. The Bertz CT molecular complexity index is 578. The Balaban J connectivity index is 1.89. The first-order chi connectivity index (χ1) is 10.6. The summed E-state index contributed by atoms with van der Waals surface area (Å²) in [5, 5.41) is 6.88. The zero-order chi connectivity index (χ0) is 15.9. The molecule has 1 aromatic carbocycles. The largest absolute Gasteiger partial charge is 0.467 e. The standard InChI is InChI=1S/C17H23N3OS/c1-4-20(13(2)3)15-9-7-14(8-10-15)19-17(22)18-12-16-6-5-11-21-16/h5-11,13H,4,12H2,1-3H3,(H2,18,19,22). The van der Waals surface area contributed by atoms with Gasteiger partial charge in [0.15, 0.2) is 5.11 Å². The third-order valence-electron chi connectivity index (χ3n) is 3.42. The summed E-state index contributed by atoms with van der Waals surface area (Å²) in [5.74, 6) is 0.856. The van der Waals surface area contributed by atoms with Crippen molar-refractivity contribution >= 4 is 28.7 Å². The quantitative estimate of drug-likeness (QED) is 0.788. The van der Waals surface area contributed by atoms with Gasteiger partial charge in [-0.15, -0.1) is 0 Å². The van der Waals surface area contributed by atoms with Crippen LogP contribution in [-0.4, -0.2) is 17.7 Å². The molecule has 0 bridgehead atoms. The zero-order valence-electron chi connectivity index (χ0n) is 13.3. The smallest absolute Gasteiger partial charge is 0.171 e. The summed E-state index contributed by atoms with van der Waals surface area (Å²) in [6, 6.07) is 12.6. The molecule has 118 valence electrons. The topological polar surface area (TPSA) is 40.4 Å². The van der Waals surface area contributed by atoms with Crippen molar-refractivity contribution in [1.82, 2.24) is 5.32 Å². The molecule has 0 atom stereocenters. The van der Waals surface area contributed by atoms with Gasteiger partial charge in [0, 0.05) is 24.0 Å². The third kappa shape index (κ3) is 4.49. The Morgan fingerprint density at radius 2 is 1.95 bits per heavy atom. The summed E-state index contributed by atoms with van der Waals surface area (Å²) >= 11 is 5.28. The Kier molecular flexibility index (Phi) is 5.83. The molecular weight excluding hydrogens is 294 g/mol. The lowest BCUT2D eigenvalue weighted by Crippen LogP contribution is -2.30. The Morgan fingerprint density at radius 1 is 1.23 bits per heavy atom. The van der Waals surface area contributed by atoms with Crippen LogP contribution in [0.25, 0.3) is 0 Å². The van der Waals surface area contributed by atoms with Gasteiger partial charge < -0.3 is 20.0 Å². The van der Waals surface area contributed by atoms with Crippen LogP contribution in [0.5, 0.6) is 0 Å². The Morgan fingerprint density at radius 3 is 2.50 bits per heavy atom. The summed E-state index contributed by atoms with van der Waals surface area (Å²) < 4.78 is 5.26. The molecule has 1 aromatic heterocycles. The van der Waals surface area contributed by atoms with E-state index in [4.69, 9.17) is 16.6 Å². The molecule has 0 fully saturated rings. The van der Waals surface area contributed by atoms with E-state index in [0.29, 0.717) is 17.7 Å². The van der Waals surface area contributed by atoms with Gasteiger partial charge in [-0.05, 0) is 69.4 Å². The number of hydrogen-bond donors (Lipinski definition) is 2. The molecule has 0 spiro atoms. The van der Waals surface area contributed by atoms with Crippen molar-refractivity contribution in [3.63, 3.8) is 0 Å². The summed E-state index contributed by atoms with van der Waals surface area (Å²) in [6.45, 7) is 8.13. The highest BCUT2D eigenvalue weighted by Gasteiger charge is 2.08. The number of hydrogen-bond acceptors (Lipinski definition) is 3. The molecule has 0 aliphatic rings. The second-order valence-corrected chi connectivity index (χ2v) is 5.72. The number of nitrogens with one attached hydrogen (secondary N) is 2. The van der Waals surface area contributed by atoms with Crippen LogP contribution in [0.4, 0.5) is 11.4 Å². The Hall–Kier alpha value is -2.01. The van der Waals surface area contributed by atoms with Crippen LogP contribution >= 0.6 is 12.2 Å². The van der Waals surface area contributed by atoms with Crippen LogP contribution in [0.3, 0.4) is 0 Å². The van der Waals surface area contributed by atoms with Crippen molar-refractivity contribution in [1.29, 1.82) is 0 Å². The number of anilines is 2. The molecule has 0 saturated carbocycles. The number of rotatable bonds is 6. The average molecular weight is 317 g/mol. The molecule has 0 radical (unpaired) electrons. The van der Waals surface area contributed by atoms with Crippen molar-refractivity contribution in [2.24, 2.45) is 0 Å². The van der Waals surface area contributed by atoms with E-state index in [1.165, 1.54) is 5.69 Å². The fraction of sp³-hybridized carbons (Fsp3) is 0.353. The summed E-state index contributed by atoms with van der Waals surface area (Å²) in [5.41, 5.74) is 2.19. The zero-order valence-corrected chi connectivity index (χ0v) is 14.1. The van der Waals surface area contributed by atoms with Crippen molar-refractivity contribution in [2.45, 2.75) is 33.4 Å². The molecule has 0 aliphatic heterocycles. The predicted molar refractivity (Wildman–Crippen MR) is 96.4 cm³/mol. The highest BCUT2D eigenvalue weighted by Crippen LogP contribution is 2.19. The van der Waals surface area contributed by atoms with E-state index in [2.05, 4.69) is 48.4 Å². The van der Waals surface area contributed by atoms with Crippen LogP contribution in [0.1, 0.15) is 26.5 Å². The maximum absolute atomic E-state index is 5.28. The molecule has 2 aromatic rings. The lowest BCUT2D eigenvalue weighted by atomic mass is 10.2. The molecule has 22 heavy (non-hydrogen) atoms. The van der Waals surface area contributed by atoms with Crippen LogP contribution in [-0.2, 0) is 6.54 Å². The highest BCUT2D eigenvalue weighted by atomic mass is 32.1. The minimum Gasteiger partial charge on any atom is -0.467 e. The molecule has 2 rings (SSSR count). The number of furan rings is 1. The van der Waals surface area contributed by atoms with E-state index in [-0.39, 0.29) is 0 Å². The molecule has 0 aliphatic carbocycles. The van der Waals surface area contributed by atoms with Gasteiger partial charge in [-0.1, -0.05) is 0 Å². The number of thiocarbonyl (C=S) groups is 1. The molecular formula is C17H23N3OS. The molecule has 2 N–H and O–H groups in total. The lowest BCUT2D eigenvalue weighted by molar-refractivity contribution is 0.503. The van der Waals surface area contributed by atoms with Gasteiger partial charge in [-0.3, -0.25) is 0 Å². The average Bonchev–Trinajstić information content (AvgIpc) is 3.01. The van der Waals surface area contributed by atoms with Crippen LogP contribution < -0.4 is 15.5 Å². The van der Waals surface area contributed by atoms with Gasteiger partial charge in [0.05, 0.1) is 12.8 Å². The van der Waals surface area contributed by atoms with Crippen molar-refractivity contribution in [3.05, 3.63) is 48.4 Å². The van der Waals surface area contributed by atoms with Gasteiger partial charge in [0.25, 0.3) is 0 Å².